The summed E-state index contributed by atoms with van der Waals surface area (Å²) in [5, 5.41) is 44.4. The number of phenols is 1. The number of aromatic hydroxyl groups is 1. The van der Waals surface area contributed by atoms with Crippen LogP contribution in [-0.2, 0) is 33.5 Å². The zero-order chi connectivity index (χ0) is 30.8. The number of aliphatic hydroxyl groups excluding tert-OH is 2. The lowest BCUT2D eigenvalue weighted by Gasteiger charge is -2.50. The van der Waals surface area contributed by atoms with Gasteiger partial charge in [-0.1, -0.05) is 6.92 Å². The van der Waals surface area contributed by atoms with Crippen LogP contribution in [0.2, 0.25) is 0 Å². The molecule has 3 aliphatic carbocycles. The maximum atomic E-state index is 14.5. The maximum Gasteiger partial charge on any atom is 0.417 e. The molecule has 0 spiro atoms. The lowest BCUT2D eigenvalue weighted by Crippen LogP contribution is -2.65. The van der Waals surface area contributed by atoms with Gasteiger partial charge in [0, 0.05) is 24.6 Å². The molecule has 0 saturated heterocycles. The van der Waals surface area contributed by atoms with E-state index in [2.05, 4.69) is 0 Å². The Balaban J connectivity index is 1.97. The summed E-state index contributed by atoms with van der Waals surface area (Å²) < 4.78 is 56.6. The summed E-state index contributed by atoms with van der Waals surface area (Å²) in [5.74, 6) is -9.37. The number of halogens is 4. The zero-order valence-electron chi connectivity index (χ0n) is 22.5. The average Bonchev–Trinajstić information content (AvgIpc) is 2.84. The van der Waals surface area contributed by atoms with Crippen molar-refractivity contribution < 1.29 is 52.4 Å². The van der Waals surface area contributed by atoms with E-state index in [9.17, 15) is 52.4 Å². The fourth-order valence-corrected chi connectivity index (χ4v) is 6.57. The van der Waals surface area contributed by atoms with E-state index in [1.165, 1.54) is 23.9 Å². The van der Waals surface area contributed by atoms with E-state index in [0.29, 0.717) is 0 Å². The molecule has 14 heteroatoms. The molecule has 3 aliphatic rings. The Kier molecular flexibility index (Phi) is 7.73. The van der Waals surface area contributed by atoms with E-state index in [1.54, 1.807) is 6.92 Å². The van der Waals surface area contributed by atoms with Gasteiger partial charge in [-0.2, -0.15) is 13.2 Å². The van der Waals surface area contributed by atoms with Crippen molar-refractivity contribution in [2.75, 3.05) is 33.9 Å². The SMILES string of the molecule is CCN(CCF)Cc1cc(O)c2c(c1C(F)(F)F)C[C@H]1C[C@H]3[C@H](N(C)C)C(=O)C(C(N)=O)=C(O)[C@@]3(O)C(=O)C1=C2O. The number of alkyl halides is 4. The Hall–Kier alpha value is -3.49. The molecule has 4 atom stereocenters. The van der Waals surface area contributed by atoms with Gasteiger partial charge in [-0.3, -0.25) is 24.2 Å². The van der Waals surface area contributed by atoms with Gasteiger partial charge in [0.2, 0.25) is 5.78 Å². The van der Waals surface area contributed by atoms with Crippen LogP contribution in [0.15, 0.2) is 23.0 Å². The number of rotatable bonds is 7. The monoisotopic (exact) mass is 585 g/mol. The van der Waals surface area contributed by atoms with E-state index in [-0.39, 0.29) is 31.6 Å². The number of hydrogen-bond acceptors (Lipinski definition) is 9. The van der Waals surface area contributed by atoms with Gasteiger partial charge in [-0.15, -0.1) is 0 Å². The average molecular weight is 586 g/mol. The van der Waals surface area contributed by atoms with Crippen molar-refractivity contribution in [1.82, 2.24) is 9.80 Å². The van der Waals surface area contributed by atoms with Crippen molar-refractivity contribution in [3.63, 3.8) is 0 Å². The van der Waals surface area contributed by atoms with Crippen LogP contribution in [0.25, 0.3) is 5.76 Å². The number of primary amides is 1. The number of nitrogens with two attached hydrogens (primary N) is 1. The number of aliphatic hydroxyl groups is 3. The topological polar surface area (TPSA) is 165 Å². The first-order valence-corrected chi connectivity index (χ1v) is 12.9. The number of phenolic OH excluding ortho intramolecular Hbond substituents is 1. The van der Waals surface area contributed by atoms with Gasteiger partial charge < -0.3 is 26.2 Å². The van der Waals surface area contributed by atoms with Crippen LogP contribution >= 0.6 is 0 Å². The van der Waals surface area contributed by atoms with Crippen molar-refractivity contribution in [2.24, 2.45) is 17.6 Å². The lowest BCUT2D eigenvalue weighted by molar-refractivity contribution is -0.153. The molecule has 0 bridgehead atoms. The quantitative estimate of drug-likeness (QED) is 0.237. The van der Waals surface area contributed by atoms with Crippen LogP contribution in [-0.4, -0.2) is 93.2 Å². The van der Waals surface area contributed by atoms with Crippen LogP contribution in [0.5, 0.6) is 5.75 Å². The molecule has 0 radical (unpaired) electrons. The first-order chi connectivity index (χ1) is 19.0. The summed E-state index contributed by atoms with van der Waals surface area (Å²) in [7, 11) is 2.83. The van der Waals surface area contributed by atoms with Crippen LogP contribution in [0.4, 0.5) is 17.6 Å². The number of fused-ring (bicyclic) bond motifs is 3. The summed E-state index contributed by atoms with van der Waals surface area (Å²) >= 11 is 0. The highest BCUT2D eigenvalue weighted by atomic mass is 19.4. The number of benzene rings is 1. The van der Waals surface area contributed by atoms with Crippen LogP contribution in [0.1, 0.15) is 35.6 Å². The number of amides is 1. The lowest BCUT2D eigenvalue weighted by atomic mass is 9.57. The largest absolute Gasteiger partial charge is 0.508 e. The highest BCUT2D eigenvalue weighted by Crippen LogP contribution is 2.54. The molecular formula is C27H31F4N3O7. The molecule has 224 valence electrons. The third kappa shape index (κ3) is 4.57. The Bertz CT molecular complexity index is 1390. The predicted octanol–water partition coefficient (Wildman–Crippen LogP) is 1.77. The van der Waals surface area contributed by atoms with Gasteiger partial charge >= 0.3 is 6.18 Å². The summed E-state index contributed by atoms with van der Waals surface area (Å²) in [6.07, 6.45) is -5.83. The second-order valence-corrected chi connectivity index (χ2v) is 10.8. The standard InChI is InChI=1S/C27H31F4N3O7/c1-4-34(6-5-28)10-12-9-15(35)17-13(19(12)27(29,30)31)7-11-8-14-20(33(2)3)22(37)18(25(32)40)24(39)26(14,41)23(38)16(11)21(17)36/h9,11,14,20,35-36,39,41H,4-8,10H2,1-3H3,(H2,32,40)/t11-,14-,20-,26-/m0/s1. The molecule has 10 nitrogen and oxygen atoms in total. The molecule has 1 saturated carbocycles. The van der Waals surface area contributed by atoms with Gasteiger partial charge in [-0.25, -0.2) is 4.39 Å². The Labute approximate surface area is 232 Å². The van der Waals surface area contributed by atoms with E-state index >= 15 is 0 Å². The van der Waals surface area contributed by atoms with E-state index in [1.807, 2.05) is 0 Å². The molecule has 1 fully saturated rings. The minimum absolute atomic E-state index is 0.150. The third-order valence-electron chi connectivity index (χ3n) is 8.33. The zero-order valence-corrected chi connectivity index (χ0v) is 22.5. The molecule has 41 heavy (non-hydrogen) atoms. The van der Waals surface area contributed by atoms with Gasteiger partial charge in [-0.05, 0) is 56.6 Å². The maximum absolute atomic E-state index is 14.5. The smallest absolute Gasteiger partial charge is 0.417 e. The van der Waals surface area contributed by atoms with Crippen molar-refractivity contribution in [1.29, 1.82) is 0 Å². The second kappa shape index (κ2) is 10.4. The number of nitrogens with zero attached hydrogens (tertiary/aromatic N) is 2. The molecule has 1 aromatic carbocycles. The van der Waals surface area contributed by atoms with E-state index in [0.717, 1.165) is 6.07 Å². The molecule has 1 aromatic rings. The van der Waals surface area contributed by atoms with Crippen molar-refractivity contribution in [2.45, 2.75) is 44.1 Å². The minimum atomic E-state index is -4.97. The molecule has 0 aliphatic heterocycles. The van der Waals surface area contributed by atoms with Crippen molar-refractivity contribution in [3.8, 4) is 5.75 Å². The molecule has 0 aromatic heterocycles. The van der Waals surface area contributed by atoms with E-state index in [4.69, 9.17) is 5.73 Å². The Morgan fingerprint density at radius 3 is 2.34 bits per heavy atom. The summed E-state index contributed by atoms with van der Waals surface area (Å²) in [5.41, 5.74) is -1.84. The number of Topliss-reactive ketones (excluding diaryl/α,β-unsaturated/α-hetero) is 2. The summed E-state index contributed by atoms with van der Waals surface area (Å²) in [6.45, 7) is 0.540. The highest BCUT2D eigenvalue weighted by molar-refractivity contribution is 6.24. The molecule has 0 heterocycles. The second-order valence-electron chi connectivity index (χ2n) is 10.8. The van der Waals surface area contributed by atoms with Crippen LogP contribution in [0, 0.1) is 11.8 Å². The van der Waals surface area contributed by atoms with Crippen molar-refractivity contribution in [3.05, 3.63) is 45.2 Å². The van der Waals surface area contributed by atoms with Crippen molar-refractivity contribution >= 4 is 23.2 Å². The number of likely N-dealkylation sites (N-methyl/N-ethyl adjacent to an activating group) is 1. The highest BCUT2D eigenvalue weighted by Gasteiger charge is 2.64. The first-order valence-electron chi connectivity index (χ1n) is 12.9. The summed E-state index contributed by atoms with van der Waals surface area (Å²) in [4.78, 5) is 41.7. The fraction of sp³-hybridized carbons (Fsp3) is 0.519. The minimum Gasteiger partial charge on any atom is -0.508 e. The normalized spacial score (nSPS) is 26.4. The molecule has 4 rings (SSSR count). The molecule has 0 unspecified atom stereocenters. The molecular weight excluding hydrogens is 554 g/mol. The first kappa shape index (κ1) is 30.5. The third-order valence-corrected chi connectivity index (χ3v) is 8.33. The van der Waals surface area contributed by atoms with Gasteiger partial charge in [0.05, 0.1) is 17.2 Å². The number of carbonyl (C=O) groups is 3. The molecule has 1 amide bonds. The van der Waals surface area contributed by atoms with Gasteiger partial charge in [0.15, 0.2) is 11.4 Å². The van der Waals surface area contributed by atoms with Gasteiger partial charge in [0.1, 0.15) is 29.5 Å². The number of ketones is 2. The number of carbonyl (C=O) groups excluding carboxylic acids is 3. The number of hydrogen-bond donors (Lipinski definition) is 5. The van der Waals surface area contributed by atoms with E-state index < -0.39 is 105 Å². The van der Waals surface area contributed by atoms with Gasteiger partial charge in [0.25, 0.3) is 5.91 Å². The Morgan fingerprint density at radius 1 is 1.20 bits per heavy atom. The Morgan fingerprint density at radius 2 is 1.83 bits per heavy atom. The van der Waals surface area contributed by atoms with Crippen LogP contribution in [0.3, 0.4) is 0 Å². The summed E-state index contributed by atoms with van der Waals surface area (Å²) in [6, 6.07) is -0.568. The fourth-order valence-electron chi connectivity index (χ4n) is 6.57. The predicted molar refractivity (Wildman–Crippen MR) is 136 cm³/mol. The van der Waals surface area contributed by atoms with Crippen LogP contribution < -0.4 is 5.73 Å². The molecule has 6 N–H and O–H groups in total.